The topological polar surface area (TPSA) is 66.8 Å². The zero-order chi connectivity index (χ0) is 17.9. The van der Waals surface area contributed by atoms with E-state index in [0.29, 0.717) is 31.3 Å². The highest BCUT2D eigenvalue weighted by Crippen LogP contribution is 2.36. The minimum absolute atomic E-state index is 0.120. The summed E-state index contributed by atoms with van der Waals surface area (Å²) < 4.78 is 5.61. The Morgan fingerprint density at radius 2 is 2.00 bits per heavy atom. The second-order valence-corrected chi connectivity index (χ2v) is 7.50. The average Bonchev–Trinajstić information content (AvgIpc) is 2.64. The van der Waals surface area contributed by atoms with E-state index >= 15 is 0 Å². The van der Waals surface area contributed by atoms with Crippen molar-refractivity contribution in [2.75, 3.05) is 0 Å². The minimum Gasteiger partial charge on any atom is -0.453 e. The predicted molar refractivity (Wildman–Crippen MR) is 94.4 cm³/mol. The lowest BCUT2D eigenvalue weighted by Gasteiger charge is -2.32. The largest absolute Gasteiger partial charge is 0.453 e. The standard InChI is InChI=1S/C20H30O4/c1-13-6-5-7-14(2)17(21)12-16-10-11-20(4,18(22)9-8-13)24-19(23)15(16)3/h7-8,16-18,21-22H,3,5-6,9-12H2,1-2,4H3/b13-8+,14-7+/t16-,17-,18-,20-/m0/s1. The lowest BCUT2D eigenvalue weighted by molar-refractivity contribution is -0.164. The van der Waals surface area contributed by atoms with E-state index in [0.717, 1.165) is 18.4 Å². The summed E-state index contributed by atoms with van der Waals surface area (Å²) in [4.78, 5) is 12.4. The van der Waals surface area contributed by atoms with Crippen molar-refractivity contribution in [2.24, 2.45) is 5.92 Å². The Labute approximate surface area is 144 Å². The van der Waals surface area contributed by atoms with Gasteiger partial charge in [-0.2, -0.15) is 0 Å². The van der Waals surface area contributed by atoms with Crippen molar-refractivity contribution in [3.63, 3.8) is 0 Å². The molecule has 4 atom stereocenters. The monoisotopic (exact) mass is 334 g/mol. The van der Waals surface area contributed by atoms with Crippen LogP contribution < -0.4 is 0 Å². The van der Waals surface area contributed by atoms with Crippen LogP contribution in [0.5, 0.6) is 0 Å². The van der Waals surface area contributed by atoms with Crippen LogP contribution in [0, 0.1) is 5.92 Å². The van der Waals surface area contributed by atoms with Gasteiger partial charge in [0.2, 0.25) is 0 Å². The van der Waals surface area contributed by atoms with Gasteiger partial charge in [0.15, 0.2) is 0 Å². The van der Waals surface area contributed by atoms with Crippen molar-refractivity contribution >= 4 is 5.97 Å². The van der Waals surface area contributed by atoms with Gasteiger partial charge in [-0.05, 0) is 70.8 Å². The summed E-state index contributed by atoms with van der Waals surface area (Å²) in [7, 11) is 0. The first-order valence-electron chi connectivity index (χ1n) is 8.83. The number of esters is 1. The van der Waals surface area contributed by atoms with Gasteiger partial charge in [0.25, 0.3) is 0 Å². The Hall–Kier alpha value is -1.39. The van der Waals surface area contributed by atoms with E-state index in [1.807, 2.05) is 19.9 Å². The van der Waals surface area contributed by atoms with Gasteiger partial charge in [0.05, 0.1) is 12.2 Å². The highest BCUT2D eigenvalue weighted by Gasteiger charge is 2.41. The molecule has 1 aliphatic carbocycles. The van der Waals surface area contributed by atoms with Gasteiger partial charge < -0.3 is 14.9 Å². The highest BCUT2D eigenvalue weighted by atomic mass is 16.6. The molecule has 2 rings (SSSR count). The van der Waals surface area contributed by atoms with Crippen LogP contribution >= 0.6 is 0 Å². The fourth-order valence-electron chi connectivity index (χ4n) is 3.41. The molecule has 24 heavy (non-hydrogen) atoms. The molecule has 2 bridgehead atoms. The van der Waals surface area contributed by atoms with Gasteiger partial charge in [-0.25, -0.2) is 4.79 Å². The molecule has 0 aromatic rings. The first kappa shape index (κ1) is 18.9. The lowest BCUT2D eigenvalue weighted by atomic mass is 9.83. The van der Waals surface area contributed by atoms with Crippen LogP contribution in [0.3, 0.4) is 0 Å². The summed E-state index contributed by atoms with van der Waals surface area (Å²) in [5.41, 5.74) is 1.62. The van der Waals surface area contributed by atoms with Crippen LogP contribution in [-0.4, -0.2) is 34.0 Å². The fraction of sp³-hybridized carbons (Fsp3) is 0.650. The number of hydrogen-bond donors (Lipinski definition) is 2. The van der Waals surface area contributed by atoms with Crippen LogP contribution in [-0.2, 0) is 9.53 Å². The van der Waals surface area contributed by atoms with E-state index in [-0.39, 0.29) is 5.92 Å². The predicted octanol–water partition coefficient (Wildman–Crippen LogP) is 3.44. The first-order chi connectivity index (χ1) is 11.2. The maximum Gasteiger partial charge on any atom is 0.334 e. The van der Waals surface area contributed by atoms with Crippen molar-refractivity contribution in [1.29, 1.82) is 0 Å². The number of allylic oxidation sites excluding steroid dienone is 2. The normalized spacial score (nSPS) is 40.6. The summed E-state index contributed by atoms with van der Waals surface area (Å²) in [5.74, 6) is -0.575. The average molecular weight is 334 g/mol. The molecule has 0 aromatic heterocycles. The smallest absolute Gasteiger partial charge is 0.334 e. The fourth-order valence-corrected chi connectivity index (χ4v) is 3.41. The molecule has 0 saturated carbocycles. The maximum absolute atomic E-state index is 12.4. The number of aliphatic hydroxyl groups is 2. The van der Waals surface area contributed by atoms with Gasteiger partial charge in [-0.3, -0.25) is 0 Å². The quantitative estimate of drug-likeness (QED) is 0.404. The van der Waals surface area contributed by atoms with E-state index in [1.54, 1.807) is 6.92 Å². The van der Waals surface area contributed by atoms with E-state index in [2.05, 4.69) is 12.7 Å². The molecule has 0 unspecified atom stereocenters. The number of carbonyl (C=O) groups excluding carboxylic acids is 1. The molecule has 134 valence electrons. The Bertz CT molecular complexity index is 560. The van der Waals surface area contributed by atoms with Crippen LogP contribution in [0.1, 0.15) is 59.3 Å². The molecule has 2 N–H and O–H groups in total. The van der Waals surface area contributed by atoms with E-state index in [4.69, 9.17) is 4.74 Å². The molecule has 4 nitrogen and oxygen atoms in total. The third-order valence-corrected chi connectivity index (χ3v) is 5.50. The SMILES string of the molecule is C=C1C(=O)O[C@@]2(C)CC[C@H]1C[C@H](O)/C(C)=C/CC/C(C)=C/C[C@@H]2O. The van der Waals surface area contributed by atoms with Gasteiger partial charge in [-0.15, -0.1) is 0 Å². The molecular formula is C20H30O4. The molecule has 2 aliphatic rings. The molecule has 1 aliphatic heterocycles. The van der Waals surface area contributed by atoms with E-state index in [9.17, 15) is 15.0 Å². The van der Waals surface area contributed by atoms with Crippen molar-refractivity contribution < 1.29 is 19.7 Å². The van der Waals surface area contributed by atoms with E-state index in [1.165, 1.54) is 5.57 Å². The molecule has 1 heterocycles. The van der Waals surface area contributed by atoms with Crippen molar-refractivity contribution in [1.82, 2.24) is 0 Å². The summed E-state index contributed by atoms with van der Waals surface area (Å²) in [6.45, 7) is 9.66. The number of ether oxygens (including phenoxy) is 1. The van der Waals surface area contributed by atoms with E-state index < -0.39 is 23.8 Å². The summed E-state index contributed by atoms with van der Waals surface area (Å²) in [5, 5.41) is 21.0. The Balaban J connectivity index is 2.34. The second kappa shape index (κ2) is 7.66. The summed E-state index contributed by atoms with van der Waals surface area (Å²) in [6, 6.07) is 0. The molecule has 4 heteroatoms. The molecule has 0 radical (unpaired) electrons. The third-order valence-electron chi connectivity index (χ3n) is 5.50. The third kappa shape index (κ3) is 4.37. The van der Waals surface area contributed by atoms with Crippen LogP contribution in [0.2, 0.25) is 0 Å². The number of hydrogen-bond acceptors (Lipinski definition) is 4. The van der Waals surface area contributed by atoms with Crippen molar-refractivity contribution in [2.45, 2.75) is 77.1 Å². The first-order valence-corrected chi connectivity index (χ1v) is 8.83. The number of aliphatic hydroxyl groups excluding tert-OH is 2. The van der Waals surface area contributed by atoms with Gasteiger partial charge in [0.1, 0.15) is 5.60 Å². The minimum atomic E-state index is -0.911. The Kier molecular flexibility index (Phi) is 6.05. The molecule has 1 fully saturated rings. The Morgan fingerprint density at radius 1 is 1.29 bits per heavy atom. The number of rotatable bonds is 0. The van der Waals surface area contributed by atoms with Gasteiger partial charge in [0, 0.05) is 5.57 Å². The van der Waals surface area contributed by atoms with Crippen LogP contribution in [0.25, 0.3) is 0 Å². The van der Waals surface area contributed by atoms with Crippen molar-refractivity contribution in [3.8, 4) is 0 Å². The zero-order valence-electron chi connectivity index (χ0n) is 15.0. The van der Waals surface area contributed by atoms with Gasteiger partial charge in [-0.1, -0.05) is 24.3 Å². The van der Waals surface area contributed by atoms with Gasteiger partial charge >= 0.3 is 5.97 Å². The number of fused-ring (bicyclic) bond motifs is 3. The molecule has 0 aromatic carbocycles. The molecule has 0 amide bonds. The number of carbonyl (C=O) groups is 1. The van der Waals surface area contributed by atoms with Crippen LogP contribution in [0.4, 0.5) is 0 Å². The highest BCUT2D eigenvalue weighted by molar-refractivity contribution is 5.89. The molecule has 1 saturated heterocycles. The zero-order valence-corrected chi connectivity index (χ0v) is 15.0. The maximum atomic E-state index is 12.4. The van der Waals surface area contributed by atoms with Crippen LogP contribution in [0.15, 0.2) is 35.5 Å². The molecular weight excluding hydrogens is 304 g/mol. The second-order valence-electron chi connectivity index (χ2n) is 7.50. The summed E-state index contributed by atoms with van der Waals surface area (Å²) >= 11 is 0. The Morgan fingerprint density at radius 3 is 2.71 bits per heavy atom. The summed E-state index contributed by atoms with van der Waals surface area (Å²) in [6.07, 6.45) is 6.68. The lowest BCUT2D eigenvalue weighted by Crippen LogP contribution is -2.42. The van der Waals surface area contributed by atoms with Crippen molar-refractivity contribution in [3.05, 3.63) is 35.5 Å². The molecule has 0 spiro atoms.